The quantitative estimate of drug-likeness (QED) is 0.929. The molecule has 2 aromatic rings. The molecule has 0 bridgehead atoms. The number of hydrogen-bond acceptors (Lipinski definition) is 4. The van der Waals surface area contributed by atoms with Gasteiger partial charge in [0.05, 0.1) is 5.69 Å². The van der Waals surface area contributed by atoms with Crippen LogP contribution in [-0.4, -0.2) is 35.0 Å². The molecule has 3 rings (SSSR count). The first-order valence-corrected chi connectivity index (χ1v) is 7.12. The van der Waals surface area contributed by atoms with Crippen molar-refractivity contribution in [3.05, 3.63) is 42.5 Å². The minimum Gasteiger partial charge on any atom is -0.396 e. The molecule has 1 fully saturated rings. The van der Waals surface area contributed by atoms with Crippen LogP contribution in [0.4, 0.5) is 5.82 Å². The zero-order valence-corrected chi connectivity index (χ0v) is 11.4. The molecule has 0 atom stereocenters. The zero-order valence-electron chi connectivity index (χ0n) is 11.4. The molecule has 0 saturated carbocycles. The van der Waals surface area contributed by atoms with Gasteiger partial charge >= 0.3 is 0 Å². The van der Waals surface area contributed by atoms with E-state index in [4.69, 9.17) is 5.11 Å². The summed E-state index contributed by atoms with van der Waals surface area (Å²) in [5.41, 5.74) is 1.99. The SMILES string of the molecule is OCC1CCN(c2ccc(-c3ccccc3)nn2)CC1. The van der Waals surface area contributed by atoms with E-state index in [2.05, 4.69) is 15.1 Å². The van der Waals surface area contributed by atoms with Gasteiger partial charge in [-0.3, -0.25) is 0 Å². The van der Waals surface area contributed by atoms with Crippen LogP contribution in [0.2, 0.25) is 0 Å². The molecule has 0 aliphatic carbocycles. The third kappa shape index (κ3) is 2.80. The molecule has 4 nitrogen and oxygen atoms in total. The molecule has 1 saturated heterocycles. The maximum absolute atomic E-state index is 9.16. The first kappa shape index (κ1) is 13.1. The molecule has 2 heterocycles. The highest BCUT2D eigenvalue weighted by molar-refractivity contribution is 5.59. The monoisotopic (exact) mass is 269 g/mol. The van der Waals surface area contributed by atoms with E-state index in [1.54, 1.807) is 0 Å². The second-order valence-electron chi connectivity index (χ2n) is 5.26. The van der Waals surface area contributed by atoms with Crippen LogP contribution in [-0.2, 0) is 0 Å². The molecule has 1 aliphatic heterocycles. The van der Waals surface area contributed by atoms with Gasteiger partial charge in [0.25, 0.3) is 0 Å². The normalized spacial score (nSPS) is 16.4. The smallest absolute Gasteiger partial charge is 0.151 e. The molecule has 1 aliphatic rings. The van der Waals surface area contributed by atoms with Crippen molar-refractivity contribution in [2.75, 3.05) is 24.6 Å². The van der Waals surface area contributed by atoms with Crippen LogP contribution in [0.3, 0.4) is 0 Å². The topological polar surface area (TPSA) is 49.2 Å². The summed E-state index contributed by atoms with van der Waals surface area (Å²) in [6, 6.07) is 14.1. The van der Waals surface area contributed by atoms with Gasteiger partial charge in [0.2, 0.25) is 0 Å². The van der Waals surface area contributed by atoms with Gasteiger partial charge < -0.3 is 10.0 Å². The molecule has 0 radical (unpaired) electrons. The van der Waals surface area contributed by atoms with Crippen molar-refractivity contribution in [3.8, 4) is 11.3 Å². The highest BCUT2D eigenvalue weighted by Crippen LogP contribution is 2.22. The van der Waals surface area contributed by atoms with Gasteiger partial charge in [-0.05, 0) is 30.9 Å². The predicted molar refractivity (Wildman–Crippen MR) is 79.5 cm³/mol. The molecule has 1 aromatic carbocycles. The van der Waals surface area contributed by atoms with Crippen molar-refractivity contribution in [2.24, 2.45) is 5.92 Å². The first-order valence-electron chi connectivity index (χ1n) is 7.12. The van der Waals surface area contributed by atoms with Gasteiger partial charge in [0.1, 0.15) is 0 Å². The van der Waals surface area contributed by atoms with Gasteiger partial charge in [0.15, 0.2) is 5.82 Å². The fourth-order valence-electron chi connectivity index (χ4n) is 2.60. The summed E-state index contributed by atoms with van der Waals surface area (Å²) >= 11 is 0. The highest BCUT2D eigenvalue weighted by atomic mass is 16.3. The van der Waals surface area contributed by atoms with E-state index in [0.29, 0.717) is 12.5 Å². The van der Waals surface area contributed by atoms with Crippen molar-refractivity contribution < 1.29 is 5.11 Å². The molecule has 0 spiro atoms. The van der Waals surface area contributed by atoms with Crippen LogP contribution < -0.4 is 4.90 Å². The summed E-state index contributed by atoms with van der Waals surface area (Å²) < 4.78 is 0. The molecule has 4 heteroatoms. The zero-order chi connectivity index (χ0) is 13.8. The summed E-state index contributed by atoms with van der Waals surface area (Å²) in [7, 11) is 0. The van der Waals surface area contributed by atoms with Crippen LogP contribution in [0, 0.1) is 5.92 Å². The van der Waals surface area contributed by atoms with Crippen molar-refractivity contribution in [2.45, 2.75) is 12.8 Å². The highest BCUT2D eigenvalue weighted by Gasteiger charge is 2.19. The molecular formula is C16H19N3O. The Morgan fingerprint density at radius 1 is 1.00 bits per heavy atom. The summed E-state index contributed by atoms with van der Waals surface area (Å²) in [6.07, 6.45) is 2.05. The average Bonchev–Trinajstić information content (AvgIpc) is 2.56. The average molecular weight is 269 g/mol. The van der Waals surface area contributed by atoms with E-state index in [0.717, 1.165) is 43.0 Å². The lowest BCUT2D eigenvalue weighted by Gasteiger charge is -2.31. The summed E-state index contributed by atoms with van der Waals surface area (Å²) in [5.74, 6) is 1.38. The molecular weight excluding hydrogens is 250 g/mol. The second-order valence-corrected chi connectivity index (χ2v) is 5.26. The van der Waals surface area contributed by atoms with E-state index in [-0.39, 0.29) is 0 Å². The predicted octanol–water partition coefficient (Wildman–Crippen LogP) is 2.35. The Morgan fingerprint density at radius 2 is 1.75 bits per heavy atom. The lowest BCUT2D eigenvalue weighted by Crippen LogP contribution is -2.35. The number of hydrogen-bond donors (Lipinski definition) is 1. The fraction of sp³-hybridized carbons (Fsp3) is 0.375. The van der Waals surface area contributed by atoms with Gasteiger partial charge in [-0.2, -0.15) is 0 Å². The molecule has 20 heavy (non-hydrogen) atoms. The maximum atomic E-state index is 9.16. The lowest BCUT2D eigenvalue weighted by atomic mass is 9.98. The second kappa shape index (κ2) is 6.01. The van der Waals surface area contributed by atoms with Gasteiger partial charge in [0, 0.05) is 25.3 Å². The molecule has 0 amide bonds. The Labute approximate surface area is 119 Å². The van der Waals surface area contributed by atoms with E-state index in [9.17, 15) is 0 Å². The van der Waals surface area contributed by atoms with E-state index >= 15 is 0 Å². The third-order valence-electron chi connectivity index (χ3n) is 3.92. The Bertz CT molecular complexity index is 533. The van der Waals surface area contributed by atoms with Crippen molar-refractivity contribution >= 4 is 5.82 Å². The Morgan fingerprint density at radius 3 is 2.35 bits per heavy atom. The Balaban J connectivity index is 1.71. The fourth-order valence-corrected chi connectivity index (χ4v) is 2.60. The number of rotatable bonds is 3. The van der Waals surface area contributed by atoms with Gasteiger partial charge in [-0.25, -0.2) is 0 Å². The third-order valence-corrected chi connectivity index (χ3v) is 3.92. The number of anilines is 1. The summed E-state index contributed by atoms with van der Waals surface area (Å²) in [5, 5.41) is 17.8. The Hall–Kier alpha value is -1.94. The molecule has 104 valence electrons. The van der Waals surface area contributed by atoms with Crippen LogP contribution in [0.1, 0.15) is 12.8 Å². The van der Waals surface area contributed by atoms with Crippen LogP contribution >= 0.6 is 0 Å². The standard InChI is InChI=1S/C16H19N3O/c20-12-13-8-10-19(11-9-13)16-7-6-15(17-18-16)14-4-2-1-3-5-14/h1-7,13,20H,8-12H2. The molecule has 1 N–H and O–H groups in total. The summed E-state index contributed by atoms with van der Waals surface area (Å²) in [6.45, 7) is 2.20. The van der Waals surface area contributed by atoms with Crippen LogP contribution in [0.25, 0.3) is 11.3 Å². The minimum atomic E-state index is 0.298. The number of aliphatic hydroxyl groups is 1. The van der Waals surface area contributed by atoms with E-state index < -0.39 is 0 Å². The van der Waals surface area contributed by atoms with Crippen molar-refractivity contribution in [1.82, 2.24) is 10.2 Å². The van der Waals surface area contributed by atoms with Crippen molar-refractivity contribution in [3.63, 3.8) is 0 Å². The maximum Gasteiger partial charge on any atom is 0.151 e. The lowest BCUT2D eigenvalue weighted by molar-refractivity contribution is 0.202. The van der Waals surface area contributed by atoms with Gasteiger partial charge in [-0.1, -0.05) is 30.3 Å². The number of piperidine rings is 1. The van der Waals surface area contributed by atoms with Crippen LogP contribution in [0.15, 0.2) is 42.5 Å². The van der Waals surface area contributed by atoms with Gasteiger partial charge in [-0.15, -0.1) is 10.2 Å². The number of benzene rings is 1. The first-order chi connectivity index (χ1) is 9.86. The minimum absolute atomic E-state index is 0.298. The Kier molecular flexibility index (Phi) is 3.92. The number of nitrogens with zero attached hydrogens (tertiary/aromatic N) is 3. The van der Waals surface area contributed by atoms with Crippen LogP contribution in [0.5, 0.6) is 0 Å². The van der Waals surface area contributed by atoms with E-state index in [1.165, 1.54) is 0 Å². The summed E-state index contributed by atoms with van der Waals surface area (Å²) in [4.78, 5) is 2.24. The number of aliphatic hydroxyl groups excluding tert-OH is 1. The largest absolute Gasteiger partial charge is 0.396 e. The number of aromatic nitrogens is 2. The van der Waals surface area contributed by atoms with E-state index in [1.807, 2.05) is 42.5 Å². The van der Waals surface area contributed by atoms with Crippen molar-refractivity contribution in [1.29, 1.82) is 0 Å². The molecule has 0 unspecified atom stereocenters. The molecule has 1 aromatic heterocycles.